The Hall–Kier alpha value is -1.38. The Morgan fingerprint density at radius 3 is 3.17 bits per heavy atom. The first-order valence-corrected chi connectivity index (χ1v) is 4.20. The van der Waals surface area contributed by atoms with Crippen molar-refractivity contribution in [2.24, 2.45) is 0 Å². The smallest absolute Gasteiger partial charge is 0.159 e. The van der Waals surface area contributed by atoms with Gasteiger partial charge < -0.3 is 4.98 Å². The van der Waals surface area contributed by atoms with Crippen LogP contribution in [0.15, 0.2) is 18.3 Å². The van der Waals surface area contributed by atoms with Crippen LogP contribution in [0.25, 0.3) is 11.0 Å². The van der Waals surface area contributed by atoms with E-state index in [1.807, 2.05) is 12.3 Å². The summed E-state index contributed by atoms with van der Waals surface area (Å²) in [5.74, 6) is 0. The van der Waals surface area contributed by atoms with E-state index < -0.39 is 0 Å². The van der Waals surface area contributed by atoms with Crippen molar-refractivity contribution < 1.29 is 0 Å². The summed E-state index contributed by atoms with van der Waals surface area (Å²) in [5, 5.41) is 9.29. The lowest BCUT2D eigenvalue weighted by molar-refractivity contribution is 0.848. The lowest BCUT2D eigenvalue weighted by atomic mass is 10.2. The highest BCUT2D eigenvalue weighted by atomic mass is 15.1. The number of nitrogens with zero attached hydrogens (tertiary/aromatic N) is 2. The van der Waals surface area contributed by atoms with Gasteiger partial charge >= 0.3 is 0 Å². The topological polar surface area (TPSA) is 41.6 Å². The summed E-state index contributed by atoms with van der Waals surface area (Å²) in [6.07, 6.45) is 4.01. The van der Waals surface area contributed by atoms with Gasteiger partial charge in [-0.15, -0.1) is 5.10 Å². The van der Waals surface area contributed by atoms with Crippen molar-refractivity contribution in [1.29, 1.82) is 0 Å². The molecule has 3 heteroatoms. The number of aromatic amines is 1. The van der Waals surface area contributed by atoms with Crippen molar-refractivity contribution in [3.63, 3.8) is 0 Å². The average Bonchev–Trinajstić information content (AvgIpc) is 2.51. The van der Waals surface area contributed by atoms with Crippen molar-refractivity contribution in [2.75, 3.05) is 0 Å². The summed E-state index contributed by atoms with van der Waals surface area (Å²) >= 11 is 0. The third-order valence-corrected chi connectivity index (χ3v) is 1.86. The van der Waals surface area contributed by atoms with Crippen LogP contribution in [0.3, 0.4) is 0 Å². The highest BCUT2D eigenvalue weighted by molar-refractivity contribution is 5.74. The van der Waals surface area contributed by atoms with Crippen molar-refractivity contribution in [3.05, 3.63) is 24.0 Å². The molecule has 0 radical (unpaired) electrons. The summed E-state index contributed by atoms with van der Waals surface area (Å²) in [6.45, 7) is 2.14. The molecular formula is C9H11N3. The summed E-state index contributed by atoms with van der Waals surface area (Å²) in [6, 6.07) is 4.10. The number of aromatic nitrogens is 3. The largest absolute Gasteiger partial charge is 0.345 e. The molecule has 3 nitrogen and oxygen atoms in total. The van der Waals surface area contributed by atoms with E-state index in [9.17, 15) is 0 Å². The van der Waals surface area contributed by atoms with E-state index in [4.69, 9.17) is 0 Å². The minimum atomic E-state index is 0.870. The maximum atomic E-state index is 4.09. The van der Waals surface area contributed by atoms with Crippen molar-refractivity contribution in [1.82, 2.24) is 15.2 Å². The molecule has 1 N–H and O–H groups in total. The standard InChI is InChI=1S/C9H11N3/c1-2-3-8-6-7-4-5-10-9(7)12-11-8/h4-6H,2-3H2,1H3,(H,10,12). The number of fused-ring (bicyclic) bond motifs is 1. The predicted octanol–water partition coefficient (Wildman–Crippen LogP) is 1.91. The minimum absolute atomic E-state index is 0.870. The zero-order chi connectivity index (χ0) is 8.39. The first-order chi connectivity index (χ1) is 5.90. The Morgan fingerprint density at radius 1 is 1.42 bits per heavy atom. The second-order valence-electron chi connectivity index (χ2n) is 2.87. The van der Waals surface area contributed by atoms with Gasteiger partial charge in [-0.2, -0.15) is 5.10 Å². The van der Waals surface area contributed by atoms with Gasteiger partial charge in [0.05, 0.1) is 5.69 Å². The molecule has 0 aliphatic heterocycles. The molecule has 0 unspecified atom stereocenters. The Balaban J connectivity index is 2.46. The van der Waals surface area contributed by atoms with Gasteiger partial charge in [0.2, 0.25) is 0 Å². The fourth-order valence-electron chi connectivity index (χ4n) is 1.28. The molecular weight excluding hydrogens is 150 g/mol. The summed E-state index contributed by atoms with van der Waals surface area (Å²) in [5.41, 5.74) is 1.94. The van der Waals surface area contributed by atoms with Crippen LogP contribution in [0.1, 0.15) is 19.0 Å². The molecule has 2 aromatic heterocycles. The molecule has 0 amide bonds. The summed E-state index contributed by atoms with van der Waals surface area (Å²) < 4.78 is 0. The highest BCUT2D eigenvalue weighted by Gasteiger charge is 1.98. The Kier molecular flexibility index (Phi) is 1.78. The van der Waals surface area contributed by atoms with Gasteiger partial charge in [-0.1, -0.05) is 13.3 Å². The van der Waals surface area contributed by atoms with Gasteiger partial charge in [0, 0.05) is 11.6 Å². The molecule has 12 heavy (non-hydrogen) atoms. The van der Waals surface area contributed by atoms with E-state index in [2.05, 4.69) is 28.2 Å². The number of rotatable bonds is 2. The molecule has 2 rings (SSSR count). The van der Waals surface area contributed by atoms with Gasteiger partial charge in [0.15, 0.2) is 5.65 Å². The molecule has 62 valence electrons. The third-order valence-electron chi connectivity index (χ3n) is 1.86. The average molecular weight is 161 g/mol. The number of nitrogens with one attached hydrogen (secondary N) is 1. The van der Waals surface area contributed by atoms with Gasteiger partial charge in [-0.05, 0) is 18.6 Å². The Labute approximate surface area is 70.8 Å². The molecule has 0 saturated carbocycles. The molecule has 0 aromatic carbocycles. The van der Waals surface area contributed by atoms with E-state index >= 15 is 0 Å². The number of H-pyrrole nitrogens is 1. The van der Waals surface area contributed by atoms with Crippen LogP contribution in [0, 0.1) is 0 Å². The lowest BCUT2D eigenvalue weighted by Crippen LogP contribution is -1.91. The van der Waals surface area contributed by atoms with Crippen LogP contribution >= 0.6 is 0 Å². The molecule has 0 fully saturated rings. The molecule has 0 aliphatic rings. The molecule has 0 aliphatic carbocycles. The van der Waals surface area contributed by atoms with Crippen molar-refractivity contribution in [3.8, 4) is 0 Å². The van der Waals surface area contributed by atoms with Gasteiger partial charge in [0.25, 0.3) is 0 Å². The lowest BCUT2D eigenvalue weighted by Gasteiger charge is -1.94. The van der Waals surface area contributed by atoms with Gasteiger partial charge in [0.1, 0.15) is 0 Å². The second-order valence-corrected chi connectivity index (χ2v) is 2.87. The maximum absolute atomic E-state index is 4.09. The van der Waals surface area contributed by atoms with E-state index in [0.29, 0.717) is 0 Å². The van der Waals surface area contributed by atoms with E-state index in [-0.39, 0.29) is 0 Å². The normalized spacial score (nSPS) is 10.8. The number of hydrogen-bond acceptors (Lipinski definition) is 2. The van der Waals surface area contributed by atoms with E-state index in [1.165, 1.54) is 0 Å². The SMILES string of the molecule is CCCc1cc2cc[nH]c2nn1. The van der Waals surface area contributed by atoms with Crippen LogP contribution in [-0.4, -0.2) is 15.2 Å². The number of hydrogen-bond donors (Lipinski definition) is 1. The van der Waals surface area contributed by atoms with Crippen LogP contribution in [0.5, 0.6) is 0 Å². The number of aryl methyl sites for hydroxylation is 1. The minimum Gasteiger partial charge on any atom is -0.345 e. The monoisotopic (exact) mass is 161 g/mol. The van der Waals surface area contributed by atoms with Crippen LogP contribution in [0.4, 0.5) is 0 Å². The van der Waals surface area contributed by atoms with Crippen molar-refractivity contribution >= 4 is 11.0 Å². The molecule has 0 bridgehead atoms. The fourth-order valence-corrected chi connectivity index (χ4v) is 1.28. The molecule has 2 aromatic rings. The first kappa shape index (κ1) is 7.28. The molecule has 0 saturated heterocycles. The predicted molar refractivity (Wildman–Crippen MR) is 47.9 cm³/mol. The molecule has 0 spiro atoms. The Bertz CT molecular complexity index is 378. The van der Waals surface area contributed by atoms with Crippen LogP contribution in [-0.2, 0) is 6.42 Å². The summed E-state index contributed by atoms with van der Waals surface area (Å²) in [4.78, 5) is 3.02. The molecule has 2 heterocycles. The van der Waals surface area contributed by atoms with E-state index in [0.717, 1.165) is 29.6 Å². The third kappa shape index (κ3) is 1.18. The first-order valence-electron chi connectivity index (χ1n) is 4.20. The van der Waals surface area contributed by atoms with Crippen molar-refractivity contribution in [2.45, 2.75) is 19.8 Å². The summed E-state index contributed by atoms with van der Waals surface area (Å²) in [7, 11) is 0. The van der Waals surface area contributed by atoms with Crippen LogP contribution < -0.4 is 0 Å². The Morgan fingerprint density at radius 2 is 2.33 bits per heavy atom. The second kappa shape index (κ2) is 2.93. The zero-order valence-corrected chi connectivity index (χ0v) is 7.04. The fraction of sp³-hybridized carbons (Fsp3) is 0.333. The molecule has 0 atom stereocenters. The van der Waals surface area contributed by atoms with Gasteiger partial charge in [-0.25, -0.2) is 0 Å². The highest BCUT2D eigenvalue weighted by Crippen LogP contribution is 2.09. The van der Waals surface area contributed by atoms with Gasteiger partial charge in [-0.3, -0.25) is 0 Å². The van der Waals surface area contributed by atoms with Crippen LogP contribution in [0.2, 0.25) is 0 Å². The quantitative estimate of drug-likeness (QED) is 0.731. The van der Waals surface area contributed by atoms with E-state index in [1.54, 1.807) is 0 Å². The maximum Gasteiger partial charge on any atom is 0.159 e. The zero-order valence-electron chi connectivity index (χ0n) is 7.04.